The Kier molecular flexibility index (Phi) is 3.10. The molecule has 1 aliphatic rings. The van der Waals surface area contributed by atoms with Crippen LogP contribution in [0.3, 0.4) is 0 Å². The standard InChI is InChI=1S/C9H15NO4/c1-9(6-11)2-4-10(5-3-9)7(12)8(13)14/h11H,2-6H2,1H3,(H,13,14). The van der Waals surface area contributed by atoms with Crippen LogP contribution >= 0.6 is 0 Å². The quantitative estimate of drug-likeness (QED) is 0.570. The molecule has 1 fully saturated rings. The van der Waals surface area contributed by atoms with Gasteiger partial charge < -0.3 is 15.1 Å². The molecule has 0 saturated carbocycles. The van der Waals surface area contributed by atoms with Crippen molar-refractivity contribution in [1.82, 2.24) is 4.90 Å². The number of amides is 1. The second-order valence-electron chi connectivity index (χ2n) is 4.07. The molecule has 1 saturated heterocycles. The number of aliphatic hydroxyl groups is 1. The Bertz CT molecular complexity index is 243. The van der Waals surface area contributed by atoms with Gasteiger partial charge in [-0.15, -0.1) is 0 Å². The van der Waals surface area contributed by atoms with E-state index in [1.807, 2.05) is 6.92 Å². The molecule has 0 aliphatic carbocycles. The summed E-state index contributed by atoms with van der Waals surface area (Å²) < 4.78 is 0. The Labute approximate surface area is 82.3 Å². The van der Waals surface area contributed by atoms with Crippen LogP contribution in [-0.2, 0) is 9.59 Å². The molecule has 5 nitrogen and oxygen atoms in total. The van der Waals surface area contributed by atoms with E-state index in [2.05, 4.69) is 0 Å². The fourth-order valence-electron chi connectivity index (χ4n) is 1.54. The molecule has 80 valence electrons. The Morgan fingerprint density at radius 3 is 2.21 bits per heavy atom. The smallest absolute Gasteiger partial charge is 0.394 e. The van der Waals surface area contributed by atoms with Crippen LogP contribution in [0.1, 0.15) is 19.8 Å². The van der Waals surface area contributed by atoms with E-state index >= 15 is 0 Å². The highest BCUT2D eigenvalue weighted by atomic mass is 16.4. The molecule has 5 heteroatoms. The molecule has 1 rings (SSSR count). The van der Waals surface area contributed by atoms with Crippen molar-refractivity contribution in [2.45, 2.75) is 19.8 Å². The third-order valence-electron chi connectivity index (χ3n) is 2.82. The van der Waals surface area contributed by atoms with Gasteiger partial charge in [-0.3, -0.25) is 4.79 Å². The van der Waals surface area contributed by atoms with Crippen molar-refractivity contribution >= 4 is 11.9 Å². The van der Waals surface area contributed by atoms with E-state index in [9.17, 15) is 9.59 Å². The van der Waals surface area contributed by atoms with E-state index in [4.69, 9.17) is 10.2 Å². The Balaban J connectivity index is 2.51. The highest BCUT2D eigenvalue weighted by molar-refractivity contribution is 6.31. The fraction of sp³-hybridized carbons (Fsp3) is 0.778. The SMILES string of the molecule is CC1(CO)CCN(C(=O)C(=O)O)CC1. The van der Waals surface area contributed by atoms with Gasteiger partial charge in [0.05, 0.1) is 0 Å². The molecule has 0 unspecified atom stereocenters. The van der Waals surface area contributed by atoms with Crippen molar-refractivity contribution in [3.8, 4) is 0 Å². The first-order valence-electron chi connectivity index (χ1n) is 4.61. The first-order valence-corrected chi connectivity index (χ1v) is 4.61. The molecule has 0 aromatic carbocycles. The normalized spacial score (nSPS) is 20.6. The van der Waals surface area contributed by atoms with Crippen LogP contribution in [0.4, 0.5) is 0 Å². The molecular weight excluding hydrogens is 186 g/mol. The lowest BCUT2D eigenvalue weighted by Crippen LogP contribution is -2.45. The zero-order valence-corrected chi connectivity index (χ0v) is 8.19. The van der Waals surface area contributed by atoms with Gasteiger partial charge in [0.25, 0.3) is 0 Å². The van der Waals surface area contributed by atoms with Crippen molar-refractivity contribution in [1.29, 1.82) is 0 Å². The van der Waals surface area contributed by atoms with Crippen LogP contribution in [0.5, 0.6) is 0 Å². The first-order chi connectivity index (χ1) is 6.48. The number of aliphatic carboxylic acids is 1. The summed E-state index contributed by atoms with van der Waals surface area (Å²) in [5.74, 6) is -2.25. The number of aliphatic hydroxyl groups excluding tert-OH is 1. The predicted molar refractivity (Wildman–Crippen MR) is 48.6 cm³/mol. The summed E-state index contributed by atoms with van der Waals surface area (Å²) in [6.07, 6.45) is 1.31. The van der Waals surface area contributed by atoms with Crippen LogP contribution in [0, 0.1) is 5.41 Å². The zero-order chi connectivity index (χ0) is 10.8. The van der Waals surface area contributed by atoms with Gasteiger partial charge in [-0.2, -0.15) is 0 Å². The highest BCUT2D eigenvalue weighted by Crippen LogP contribution is 2.29. The molecule has 0 spiro atoms. The Morgan fingerprint density at radius 2 is 1.86 bits per heavy atom. The van der Waals surface area contributed by atoms with Gasteiger partial charge in [-0.1, -0.05) is 6.92 Å². The molecule has 0 atom stereocenters. The van der Waals surface area contributed by atoms with Crippen molar-refractivity contribution in [2.24, 2.45) is 5.41 Å². The van der Waals surface area contributed by atoms with Gasteiger partial charge in [0.15, 0.2) is 0 Å². The van der Waals surface area contributed by atoms with E-state index in [1.54, 1.807) is 0 Å². The summed E-state index contributed by atoms with van der Waals surface area (Å²) in [7, 11) is 0. The summed E-state index contributed by atoms with van der Waals surface area (Å²) in [6, 6.07) is 0. The van der Waals surface area contributed by atoms with E-state index < -0.39 is 11.9 Å². The fourth-order valence-corrected chi connectivity index (χ4v) is 1.54. The first kappa shape index (κ1) is 11.0. The zero-order valence-electron chi connectivity index (χ0n) is 8.19. The van der Waals surface area contributed by atoms with Crippen LogP contribution in [0.2, 0.25) is 0 Å². The molecule has 0 aromatic rings. The number of carbonyl (C=O) groups excluding carboxylic acids is 1. The average molecular weight is 201 g/mol. The number of likely N-dealkylation sites (tertiary alicyclic amines) is 1. The minimum absolute atomic E-state index is 0.0854. The number of carboxylic acid groups (broad SMARTS) is 1. The molecule has 0 aromatic heterocycles. The van der Waals surface area contributed by atoms with Gasteiger partial charge in [0.1, 0.15) is 0 Å². The largest absolute Gasteiger partial charge is 0.474 e. The number of hydrogen-bond donors (Lipinski definition) is 2. The van der Waals surface area contributed by atoms with E-state index in [0.717, 1.165) is 0 Å². The summed E-state index contributed by atoms with van der Waals surface area (Å²) in [6.45, 7) is 2.86. The summed E-state index contributed by atoms with van der Waals surface area (Å²) in [5.41, 5.74) is -0.157. The summed E-state index contributed by atoms with van der Waals surface area (Å²) >= 11 is 0. The Morgan fingerprint density at radius 1 is 1.36 bits per heavy atom. The maximum atomic E-state index is 11.1. The van der Waals surface area contributed by atoms with Crippen LogP contribution < -0.4 is 0 Å². The van der Waals surface area contributed by atoms with Gasteiger partial charge in [-0.25, -0.2) is 4.79 Å². The number of rotatable bonds is 1. The maximum absolute atomic E-state index is 11.1. The molecule has 0 radical (unpaired) electrons. The second kappa shape index (κ2) is 3.96. The second-order valence-corrected chi connectivity index (χ2v) is 4.07. The van der Waals surface area contributed by atoms with Gasteiger partial charge in [0.2, 0.25) is 0 Å². The number of piperidine rings is 1. The third kappa shape index (κ3) is 2.23. The number of carbonyl (C=O) groups is 2. The van der Waals surface area contributed by atoms with Crippen molar-refractivity contribution in [3.63, 3.8) is 0 Å². The molecule has 2 N–H and O–H groups in total. The number of hydrogen-bond acceptors (Lipinski definition) is 3. The lowest BCUT2D eigenvalue weighted by Gasteiger charge is -2.37. The van der Waals surface area contributed by atoms with Crippen LogP contribution in [0.25, 0.3) is 0 Å². The van der Waals surface area contributed by atoms with Crippen molar-refractivity contribution < 1.29 is 19.8 Å². The lowest BCUT2D eigenvalue weighted by atomic mass is 9.81. The van der Waals surface area contributed by atoms with Crippen LogP contribution in [0.15, 0.2) is 0 Å². The monoisotopic (exact) mass is 201 g/mol. The molecule has 0 bridgehead atoms. The molecular formula is C9H15NO4. The summed E-state index contributed by atoms with van der Waals surface area (Å²) in [5, 5.41) is 17.5. The van der Waals surface area contributed by atoms with Crippen LogP contribution in [-0.4, -0.2) is 46.7 Å². The molecule has 1 amide bonds. The van der Waals surface area contributed by atoms with E-state index in [1.165, 1.54) is 4.90 Å². The van der Waals surface area contributed by atoms with Gasteiger partial charge in [0, 0.05) is 19.7 Å². The van der Waals surface area contributed by atoms with Gasteiger partial charge in [-0.05, 0) is 18.3 Å². The summed E-state index contributed by atoms with van der Waals surface area (Å²) in [4.78, 5) is 22.8. The average Bonchev–Trinajstić information content (AvgIpc) is 2.18. The lowest BCUT2D eigenvalue weighted by molar-refractivity contribution is -0.157. The predicted octanol–water partition coefficient (Wildman–Crippen LogP) is -0.308. The van der Waals surface area contributed by atoms with Crippen molar-refractivity contribution in [2.75, 3.05) is 19.7 Å². The number of carboxylic acids is 1. The number of nitrogens with zero attached hydrogens (tertiary/aromatic N) is 1. The minimum atomic E-state index is -1.40. The van der Waals surface area contributed by atoms with E-state index in [0.29, 0.717) is 25.9 Å². The minimum Gasteiger partial charge on any atom is -0.474 e. The van der Waals surface area contributed by atoms with Crippen molar-refractivity contribution in [3.05, 3.63) is 0 Å². The molecule has 1 heterocycles. The third-order valence-corrected chi connectivity index (χ3v) is 2.82. The van der Waals surface area contributed by atoms with E-state index in [-0.39, 0.29) is 12.0 Å². The maximum Gasteiger partial charge on any atom is 0.394 e. The molecule has 1 aliphatic heterocycles. The highest BCUT2D eigenvalue weighted by Gasteiger charge is 2.32. The topological polar surface area (TPSA) is 77.8 Å². The van der Waals surface area contributed by atoms with Gasteiger partial charge >= 0.3 is 11.9 Å². The molecule has 14 heavy (non-hydrogen) atoms. The Hall–Kier alpha value is -1.10.